The average molecular weight is 774 g/mol. The number of ether oxygens (including phenoxy) is 2. The summed E-state index contributed by atoms with van der Waals surface area (Å²) in [5.74, 6) is -1.94. The van der Waals surface area contributed by atoms with Gasteiger partial charge in [-0.1, -0.05) is 53.0 Å². The highest BCUT2D eigenvalue weighted by molar-refractivity contribution is 6.31. The van der Waals surface area contributed by atoms with Crippen LogP contribution in [0.25, 0.3) is 11.0 Å². The highest BCUT2D eigenvalue weighted by Crippen LogP contribution is 2.20. The Morgan fingerprint density at radius 2 is 1.25 bits per heavy atom. The summed E-state index contributed by atoms with van der Waals surface area (Å²) in [6.07, 6.45) is 8.95. The summed E-state index contributed by atoms with van der Waals surface area (Å²) in [4.78, 5) is 50.4. The van der Waals surface area contributed by atoms with Crippen molar-refractivity contribution >= 4 is 81.6 Å². The summed E-state index contributed by atoms with van der Waals surface area (Å²) in [5, 5.41) is 20.6. The lowest BCUT2D eigenvalue weighted by molar-refractivity contribution is -0.137. The molecule has 6 rings (SSSR count). The number of carboxylic acids is 1. The number of hydrogen-bond donors (Lipinski definition) is 2. The van der Waals surface area contributed by atoms with Gasteiger partial charge in [-0.05, 0) is 60.7 Å². The van der Waals surface area contributed by atoms with Crippen LogP contribution in [0.3, 0.4) is 0 Å². The first-order valence-corrected chi connectivity index (χ1v) is 15.8. The van der Waals surface area contributed by atoms with Crippen LogP contribution >= 0.6 is 46.4 Å². The number of halogens is 4. The van der Waals surface area contributed by atoms with Gasteiger partial charge < -0.3 is 28.5 Å². The molecule has 0 aliphatic carbocycles. The SMILES string of the molecule is C=C(C(=O)OC)C(O)c1ccc(Cl)cn1.COC(=O)c1cc2ccc(Cl)cn2c1.O=C(O)c1cc2ccc(Cl)cn2c1.O=Cc1ccc(Cl)cn1. The topological polar surface area (TPSA) is 162 Å². The zero-order valence-corrected chi connectivity index (χ0v) is 29.8. The number of aromatic nitrogens is 4. The second-order valence-corrected chi connectivity index (χ2v) is 11.7. The van der Waals surface area contributed by atoms with Gasteiger partial charge in [-0.25, -0.2) is 14.4 Å². The maximum atomic E-state index is 11.2. The molecule has 6 aromatic rings. The minimum absolute atomic E-state index is 0.0627. The second-order valence-electron chi connectivity index (χ2n) is 9.95. The summed E-state index contributed by atoms with van der Waals surface area (Å²) in [7, 11) is 2.58. The number of aldehydes is 1. The molecule has 264 valence electrons. The molecule has 1 unspecified atom stereocenters. The molecule has 0 aliphatic heterocycles. The molecule has 2 N–H and O–H groups in total. The summed E-state index contributed by atoms with van der Waals surface area (Å²) >= 11 is 22.7. The molecule has 0 aromatic carbocycles. The lowest BCUT2D eigenvalue weighted by Gasteiger charge is -2.10. The minimum atomic E-state index is -1.17. The third kappa shape index (κ3) is 11.9. The van der Waals surface area contributed by atoms with Crippen molar-refractivity contribution in [1.29, 1.82) is 0 Å². The first kappa shape index (κ1) is 40.2. The van der Waals surface area contributed by atoms with E-state index >= 15 is 0 Å². The molecule has 16 heteroatoms. The molecule has 6 heterocycles. The van der Waals surface area contributed by atoms with Crippen LogP contribution in [0.15, 0.2) is 110 Å². The van der Waals surface area contributed by atoms with Crippen molar-refractivity contribution in [2.24, 2.45) is 0 Å². The molecule has 1 atom stereocenters. The number of esters is 2. The molecule has 51 heavy (non-hydrogen) atoms. The summed E-state index contributed by atoms with van der Waals surface area (Å²) in [6, 6.07) is 16.7. The van der Waals surface area contributed by atoms with Crippen molar-refractivity contribution in [3.05, 3.63) is 153 Å². The van der Waals surface area contributed by atoms with Gasteiger partial charge in [-0.15, -0.1) is 0 Å². The van der Waals surface area contributed by atoms with Gasteiger partial charge in [-0.3, -0.25) is 14.8 Å². The van der Waals surface area contributed by atoms with Crippen molar-refractivity contribution in [2.45, 2.75) is 6.10 Å². The lowest BCUT2D eigenvalue weighted by Crippen LogP contribution is -2.12. The summed E-state index contributed by atoms with van der Waals surface area (Å²) in [6.45, 7) is 3.43. The number of rotatable bonds is 6. The van der Waals surface area contributed by atoms with Crippen LogP contribution < -0.4 is 0 Å². The molecular formula is C35H28Cl4N4O8. The quantitative estimate of drug-likeness (QED) is 0.0974. The van der Waals surface area contributed by atoms with Crippen LogP contribution in [0.5, 0.6) is 0 Å². The molecule has 0 aliphatic rings. The maximum absolute atomic E-state index is 11.2. The van der Waals surface area contributed by atoms with Gasteiger partial charge in [0.25, 0.3) is 0 Å². The Kier molecular flexibility index (Phi) is 15.2. The van der Waals surface area contributed by atoms with Gasteiger partial charge >= 0.3 is 17.9 Å². The first-order chi connectivity index (χ1) is 24.3. The molecule has 0 bridgehead atoms. The Hall–Kier alpha value is -5.24. The Labute approximate surface area is 311 Å². The largest absolute Gasteiger partial charge is 0.478 e. The Morgan fingerprint density at radius 1 is 0.745 bits per heavy atom. The molecule has 0 amide bonds. The normalized spacial score (nSPS) is 10.6. The first-order valence-electron chi connectivity index (χ1n) is 14.3. The van der Waals surface area contributed by atoms with Gasteiger partial charge in [0.05, 0.1) is 56.7 Å². The number of aliphatic hydroxyl groups excluding tert-OH is 1. The van der Waals surface area contributed by atoms with E-state index in [4.69, 9.17) is 51.5 Å². The van der Waals surface area contributed by atoms with E-state index in [1.807, 2.05) is 6.07 Å². The lowest BCUT2D eigenvalue weighted by atomic mass is 10.1. The van der Waals surface area contributed by atoms with Crippen LogP contribution in [-0.2, 0) is 14.3 Å². The number of carboxylic acid groups (broad SMARTS) is 1. The number of methoxy groups -OCH3 is 2. The fourth-order valence-electron chi connectivity index (χ4n) is 3.94. The molecule has 6 aromatic heterocycles. The zero-order chi connectivity index (χ0) is 37.7. The third-order valence-electron chi connectivity index (χ3n) is 6.46. The highest BCUT2D eigenvalue weighted by Gasteiger charge is 2.19. The van der Waals surface area contributed by atoms with Crippen LogP contribution in [0.2, 0.25) is 20.1 Å². The van der Waals surface area contributed by atoms with Gasteiger partial charge in [0, 0.05) is 48.2 Å². The van der Waals surface area contributed by atoms with Crippen LogP contribution in [0, 0.1) is 0 Å². The number of nitrogens with zero attached hydrogens (tertiary/aromatic N) is 4. The van der Waals surface area contributed by atoms with E-state index in [9.17, 15) is 24.3 Å². The fraction of sp³-hybridized carbons (Fsp3) is 0.0857. The number of hydrogen-bond acceptors (Lipinski definition) is 9. The number of carbonyl (C=O) groups excluding carboxylic acids is 3. The summed E-state index contributed by atoms with van der Waals surface area (Å²) in [5.41, 5.74) is 3.16. The van der Waals surface area contributed by atoms with Gasteiger partial charge in [0.2, 0.25) is 0 Å². The predicted molar refractivity (Wildman–Crippen MR) is 193 cm³/mol. The minimum Gasteiger partial charge on any atom is -0.478 e. The Balaban J connectivity index is 0.000000186. The monoisotopic (exact) mass is 772 g/mol. The van der Waals surface area contributed by atoms with Crippen LogP contribution in [0.1, 0.15) is 43.0 Å². The van der Waals surface area contributed by atoms with E-state index < -0.39 is 18.0 Å². The smallest absolute Gasteiger partial charge is 0.339 e. The van der Waals surface area contributed by atoms with Gasteiger partial charge in [-0.2, -0.15) is 0 Å². The number of carbonyl (C=O) groups is 4. The third-order valence-corrected chi connectivity index (χ3v) is 7.35. The molecule has 12 nitrogen and oxygen atoms in total. The second kappa shape index (κ2) is 19.2. The molecule has 0 saturated carbocycles. The molecule has 0 spiro atoms. The van der Waals surface area contributed by atoms with E-state index in [0.717, 1.165) is 11.0 Å². The van der Waals surface area contributed by atoms with Crippen molar-refractivity contribution in [2.75, 3.05) is 14.2 Å². The van der Waals surface area contributed by atoms with Crippen molar-refractivity contribution < 1.29 is 38.9 Å². The predicted octanol–water partition coefficient (Wildman–Crippen LogP) is 7.72. The summed E-state index contributed by atoms with van der Waals surface area (Å²) < 4.78 is 12.5. The van der Waals surface area contributed by atoms with Crippen molar-refractivity contribution in [3.8, 4) is 0 Å². The Morgan fingerprint density at radius 3 is 1.71 bits per heavy atom. The Bertz CT molecular complexity index is 2150. The number of fused-ring (bicyclic) bond motifs is 2. The molecule has 0 radical (unpaired) electrons. The molecular weight excluding hydrogens is 746 g/mol. The van der Waals surface area contributed by atoms with E-state index in [1.54, 1.807) is 75.9 Å². The number of aromatic carboxylic acids is 1. The van der Waals surface area contributed by atoms with Crippen LogP contribution in [-0.4, -0.2) is 67.4 Å². The number of pyridine rings is 4. The standard InChI is InChI=1S/C10H10ClNO3.C10H8ClNO2.C9H6ClNO2.C6H4ClNO/c1-6(10(14)15-2)9(13)8-4-3-7(11)5-12-8;1-14-10(13)7-4-9-3-2-8(11)6-12(9)5-7;10-7-1-2-8-3-6(9(12)13)4-11(8)5-7;7-5-1-2-6(4-9)8-3-5/h3-5,9,13H,1H2,2H3;2-6H,1H3;1-5H,(H,12,13);1-4H. The maximum Gasteiger partial charge on any atom is 0.339 e. The average Bonchev–Trinajstić information content (AvgIpc) is 3.76. The van der Waals surface area contributed by atoms with Crippen molar-refractivity contribution in [1.82, 2.24) is 18.8 Å². The highest BCUT2D eigenvalue weighted by atomic mass is 35.5. The van der Waals surface area contributed by atoms with Gasteiger partial charge in [0.15, 0.2) is 6.29 Å². The van der Waals surface area contributed by atoms with Crippen molar-refractivity contribution in [3.63, 3.8) is 0 Å². The van der Waals surface area contributed by atoms with Crippen LogP contribution in [0.4, 0.5) is 0 Å². The molecule has 0 saturated heterocycles. The van der Waals surface area contributed by atoms with E-state index in [2.05, 4.69) is 26.0 Å². The van der Waals surface area contributed by atoms with Gasteiger partial charge in [0.1, 0.15) is 11.8 Å². The van der Waals surface area contributed by atoms with E-state index in [0.29, 0.717) is 43.3 Å². The zero-order valence-electron chi connectivity index (χ0n) is 26.7. The number of aliphatic hydroxyl groups is 1. The van der Waals surface area contributed by atoms with E-state index in [-0.39, 0.29) is 17.1 Å². The van der Waals surface area contributed by atoms with E-state index in [1.165, 1.54) is 38.9 Å². The molecule has 0 fully saturated rings. The fourth-order valence-corrected chi connectivity index (χ4v) is 4.50.